The van der Waals surface area contributed by atoms with E-state index in [1.165, 1.54) is 24.8 Å². The number of nitrogens with one attached hydrogen (secondary N) is 1. The van der Waals surface area contributed by atoms with Gasteiger partial charge in [-0.05, 0) is 37.1 Å². The van der Waals surface area contributed by atoms with Gasteiger partial charge in [0.15, 0.2) is 0 Å². The number of pyridine rings is 1. The molecule has 1 aliphatic heterocycles. The zero-order valence-electron chi connectivity index (χ0n) is 14.1. The lowest BCUT2D eigenvalue weighted by molar-refractivity contribution is 0.0535. The highest BCUT2D eigenvalue weighted by Crippen LogP contribution is 2.20. The van der Waals surface area contributed by atoms with Crippen molar-refractivity contribution in [1.29, 1.82) is 0 Å². The number of amides is 2. The van der Waals surface area contributed by atoms with Crippen molar-refractivity contribution in [2.75, 3.05) is 19.6 Å². The van der Waals surface area contributed by atoms with Crippen LogP contribution in [-0.4, -0.2) is 52.5 Å². The molecule has 1 saturated carbocycles. The molecule has 5 heteroatoms. The van der Waals surface area contributed by atoms with Gasteiger partial charge in [0, 0.05) is 44.1 Å². The minimum atomic E-state index is 0.133. The zero-order chi connectivity index (χ0) is 16.1. The molecule has 1 aromatic heterocycles. The van der Waals surface area contributed by atoms with Gasteiger partial charge < -0.3 is 10.2 Å². The van der Waals surface area contributed by atoms with Crippen molar-refractivity contribution in [2.24, 2.45) is 0 Å². The number of hydrogen-bond acceptors (Lipinski definition) is 3. The summed E-state index contributed by atoms with van der Waals surface area (Å²) in [6.45, 7) is 5.81. The highest BCUT2D eigenvalue weighted by atomic mass is 16.2. The fourth-order valence-corrected chi connectivity index (χ4v) is 3.59. The van der Waals surface area contributed by atoms with Crippen LogP contribution in [-0.2, 0) is 6.54 Å². The molecule has 126 valence electrons. The van der Waals surface area contributed by atoms with Crippen molar-refractivity contribution in [1.82, 2.24) is 20.1 Å². The summed E-state index contributed by atoms with van der Waals surface area (Å²) in [5, 5.41) is 3.21. The lowest BCUT2D eigenvalue weighted by atomic mass is 9.95. The van der Waals surface area contributed by atoms with Gasteiger partial charge in [0.05, 0.1) is 0 Å². The second-order valence-electron chi connectivity index (χ2n) is 6.76. The van der Waals surface area contributed by atoms with E-state index < -0.39 is 0 Å². The summed E-state index contributed by atoms with van der Waals surface area (Å²) in [6, 6.07) is 5.14. The van der Waals surface area contributed by atoms with Crippen LogP contribution in [0.5, 0.6) is 0 Å². The molecule has 23 heavy (non-hydrogen) atoms. The van der Waals surface area contributed by atoms with Crippen molar-refractivity contribution >= 4 is 6.03 Å². The van der Waals surface area contributed by atoms with Crippen LogP contribution in [0.4, 0.5) is 4.79 Å². The first-order valence-electron chi connectivity index (χ1n) is 8.94. The molecule has 0 atom stereocenters. The molecule has 3 rings (SSSR count). The second kappa shape index (κ2) is 7.77. The third-order valence-electron chi connectivity index (χ3n) is 5.14. The van der Waals surface area contributed by atoms with Gasteiger partial charge in [-0.15, -0.1) is 0 Å². The maximum Gasteiger partial charge on any atom is 0.317 e. The van der Waals surface area contributed by atoms with Gasteiger partial charge in [0.2, 0.25) is 0 Å². The third-order valence-corrected chi connectivity index (χ3v) is 5.14. The van der Waals surface area contributed by atoms with E-state index in [0.717, 1.165) is 39.0 Å². The van der Waals surface area contributed by atoms with Crippen LogP contribution >= 0.6 is 0 Å². The zero-order valence-corrected chi connectivity index (χ0v) is 14.1. The topological polar surface area (TPSA) is 48.5 Å². The predicted molar refractivity (Wildman–Crippen MR) is 91.1 cm³/mol. The standard InChI is InChI=1S/C18H28N4O/c1-2-21(12-15-8-10-19-11-9-15)17-13-22(14-17)18(23)20-16-6-4-3-5-7-16/h8-11,16-17H,2-7,12-14H2,1H3,(H,20,23). The Morgan fingerprint density at radius 2 is 1.96 bits per heavy atom. The van der Waals surface area contributed by atoms with Crippen LogP contribution in [0.2, 0.25) is 0 Å². The molecule has 1 saturated heterocycles. The van der Waals surface area contributed by atoms with E-state index in [4.69, 9.17) is 0 Å². The van der Waals surface area contributed by atoms with Gasteiger partial charge in [-0.25, -0.2) is 4.79 Å². The molecule has 0 unspecified atom stereocenters. The van der Waals surface area contributed by atoms with Crippen molar-refractivity contribution in [2.45, 2.75) is 57.7 Å². The van der Waals surface area contributed by atoms with E-state index in [0.29, 0.717) is 12.1 Å². The van der Waals surface area contributed by atoms with Crippen molar-refractivity contribution in [3.05, 3.63) is 30.1 Å². The quantitative estimate of drug-likeness (QED) is 0.908. The number of carbonyl (C=O) groups excluding carboxylic acids is 1. The van der Waals surface area contributed by atoms with Crippen LogP contribution < -0.4 is 5.32 Å². The fraction of sp³-hybridized carbons (Fsp3) is 0.667. The van der Waals surface area contributed by atoms with Gasteiger partial charge in [-0.1, -0.05) is 26.2 Å². The second-order valence-corrected chi connectivity index (χ2v) is 6.76. The highest BCUT2D eigenvalue weighted by Gasteiger charge is 2.34. The molecular weight excluding hydrogens is 288 g/mol. The van der Waals surface area contributed by atoms with Crippen molar-refractivity contribution in [3.63, 3.8) is 0 Å². The summed E-state index contributed by atoms with van der Waals surface area (Å²) in [6.07, 6.45) is 9.80. The molecule has 2 amide bonds. The maximum atomic E-state index is 12.3. The van der Waals surface area contributed by atoms with Crippen molar-refractivity contribution in [3.8, 4) is 0 Å². The number of urea groups is 1. The lowest BCUT2D eigenvalue weighted by Crippen LogP contribution is -2.63. The van der Waals surface area contributed by atoms with E-state index in [1.54, 1.807) is 0 Å². The first kappa shape index (κ1) is 16.2. The van der Waals surface area contributed by atoms with E-state index in [9.17, 15) is 4.79 Å². The average Bonchev–Trinajstić information content (AvgIpc) is 2.54. The summed E-state index contributed by atoms with van der Waals surface area (Å²) >= 11 is 0. The number of likely N-dealkylation sites (tertiary alicyclic amines) is 1. The smallest absolute Gasteiger partial charge is 0.317 e. The normalized spacial score (nSPS) is 19.7. The first-order valence-corrected chi connectivity index (χ1v) is 8.94. The summed E-state index contributed by atoms with van der Waals surface area (Å²) in [5.41, 5.74) is 1.28. The largest absolute Gasteiger partial charge is 0.335 e. The average molecular weight is 316 g/mol. The summed E-state index contributed by atoms with van der Waals surface area (Å²) < 4.78 is 0. The molecular formula is C18H28N4O. The van der Waals surface area contributed by atoms with Crippen LogP contribution in [0, 0.1) is 0 Å². The van der Waals surface area contributed by atoms with Crippen LogP contribution in [0.1, 0.15) is 44.6 Å². The molecule has 2 heterocycles. The Labute approximate surface area is 139 Å². The number of rotatable bonds is 5. The molecule has 1 N–H and O–H groups in total. The fourth-order valence-electron chi connectivity index (χ4n) is 3.59. The SMILES string of the molecule is CCN(Cc1ccncc1)C1CN(C(=O)NC2CCCCC2)C1. The van der Waals surface area contributed by atoms with Gasteiger partial charge in [0.25, 0.3) is 0 Å². The molecule has 0 bridgehead atoms. The Hall–Kier alpha value is -1.62. The van der Waals surface area contributed by atoms with Gasteiger partial charge >= 0.3 is 6.03 Å². The molecule has 0 radical (unpaired) electrons. The van der Waals surface area contributed by atoms with Crippen LogP contribution in [0.15, 0.2) is 24.5 Å². The van der Waals surface area contributed by atoms with E-state index in [-0.39, 0.29) is 6.03 Å². The lowest BCUT2D eigenvalue weighted by Gasteiger charge is -2.45. The molecule has 1 aromatic rings. The summed E-state index contributed by atoms with van der Waals surface area (Å²) in [7, 11) is 0. The Morgan fingerprint density at radius 1 is 1.26 bits per heavy atom. The minimum absolute atomic E-state index is 0.133. The van der Waals surface area contributed by atoms with E-state index >= 15 is 0 Å². The number of carbonyl (C=O) groups is 1. The first-order chi connectivity index (χ1) is 11.3. The van der Waals surface area contributed by atoms with Crippen LogP contribution in [0.3, 0.4) is 0 Å². The summed E-state index contributed by atoms with van der Waals surface area (Å²) in [4.78, 5) is 20.8. The number of likely N-dealkylation sites (N-methyl/N-ethyl adjacent to an activating group) is 1. The molecule has 2 aliphatic rings. The molecule has 0 aromatic carbocycles. The monoisotopic (exact) mass is 316 g/mol. The third kappa shape index (κ3) is 4.22. The molecule has 0 spiro atoms. The maximum absolute atomic E-state index is 12.3. The molecule has 2 fully saturated rings. The Kier molecular flexibility index (Phi) is 5.49. The van der Waals surface area contributed by atoms with Gasteiger partial charge in [-0.3, -0.25) is 9.88 Å². The van der Waals surface area contributed by atoms with E-state index in [2.05, 4.69) is 34.3 Å². The number of aromatic nitrogens is 1. The molecule has 1 aliphatic carbocycles. The van der Waals surface area contributed by atoms with Crippen molar-refractivity contribution < 1.29 is 4.79 Å². The number of nitrogens with zero attached hydrogens (tertiary/aromatic N) is 3. The minimum Gasteiger partial charge on any atom is -0.335 e. The van der Waals surface area contributed by atoms with Gasteiger partial charge in [-0.2, -0.15) is 0 Å². The summed E-state index contributed by atoms with van der Waals surface area (Å²) in [5.74, 6) is 0. The Morgan fingerprint density at radius 3 is 2.61 bits per heavy atom. The van der Waals surface area contributed by atoms with Crippen LogP contribution in [0.25, 0.3) is 0 Å². The Bertz CT molecular complexity index is 495. The Balaban J connectivity index is 1.44. The predicted octanol–water partition coefficient (Wildman–Crippen LogP) is 2.63. The number of hydrogen-bond donors (Lipinski definition) is 1. The highest BCUT2D eigenvalue weighted by molar-refractivity contribution is 5.75. The molecule has 5 nitrogen and oxygen atoms in total. The van der Waals surface area contributed by atoms with Gasteiger partial charge in [0.1, 0.15) is 0 Å². The van der Waals surface area contributed by atoms with E-state index in [1.807, 2.05) is 17.3 Å².